The highest BCUT2D eigenvalue weighted by molar-refractivity contribution is 4.76. The molecule has 1 saturated carbocycles. The third kappa shape index (κ3) is 5.50. The molecule has 15 heavy (non-hydrogen) atoms. The number of ether oxygens (including phenoxy) is 2. The van der Waals surface area contributed by atoms with Crippen molar-refractivity contribution < 1.29 is 9.47 Å². The minimum Gasteiger partial charge on any atom is -0.382 e. The molecule has 2 N–H and O–H groups in total. The van der Waals surface area contributed by atoms with Crippen LogP contribution in [0.4, 0.5) is 0 Å². The van der Waals surface area contributed by atoms with Gasteiger partial charge in [-0.15, -0.1) is 0 Å². The third-order valence-electron chi connectivity index (χ3n) is 2.97. The first-order valence-corrected chi connectivity index (χ1v) is 6.29. The van der Waals surface area contributed by atoms with E-state index in [4.69, 9.17) is 15.2 Å². The summed E-state index contributed by atoms with van der Waals surface area (Å²) in [5.74, 6) is 0. The maximum absolute atomic E-state index is 6.06. The van der Waals surface area contributed by atoms with E-state index in [9.17, 15) is 0 Å². The summed E-state index contributed by atoms with van der Waals surface area (Å²) in [5, 5.41) is 0. The Bertz CT molecular complexity index is 153. The Kier molecular flexibility index (Phi) is 6.98. The quantitative estimate of drug-likeness (QED) is 0.545. The van der Waals surface area contributed by atoms with Crippen LogP contribution in [0.2, 0.25) is 0 Å². The van der Waals surface area contributed by atoms with Gasteiger partial charge in [0.1, 0.15) is 0 Å². The highest BCUT2D eigenvalue weighted by atomic mass is 16.5. The van der Waals surface area contributed by atoms with Crippen molar-refractivity contribution in [3.63, 3.8) is 0 Å². The van der Waals surface area contributed by atoms with Crippen LogP contribution < -0.4 is 5.73 Å². The maximum atomic E-state index is 6.06. The van der Waals surface area contributed by atoms with Crippen LogP contribution in [0.5, 0.6) is 0 Å². The summed E-state index contributed by atoms with van der Waals surface area (Å²) in [5.41, 5.74) is 6.06. The zero-order chi connectivity index (χ0) is 10.9. The molecule has 0 radical (unpaired) electrons. The Morgan fingerprint density at radius 2 is 1.93 bits per heavy atom. The zero-order valence-electron chi connectivity index (χ0n) is 9.91. The largest absolute Gasteiger partial charge is 0.382 e. The van der Waals surface area contributed by atoms with Gasteiger partial charge in [-0.25, -0.2) is 0 Å². The van der Waals surface area contributed by atoms with Gasteiger partial charge >= 0.3 is 0 Å². The lowest BCUT2D eigenvalue weighted by molar-refractivity contribution is 0.0172. The summed E-state index contributed by atoms with van der Waals surface area (Å²) >= 11 is 0. The molecule has 1 fully saturated rings. The SMILES string of the molecule is CCOCCCOC1CCCCCC1N. The van der Waals surface area contributed by atoms with Gasteiger partial charge in [0.25, 0.3) is 0 Å². The highest BCUT2D eigenvalue weighted by Crippen LogP contribution is 2.19. The van der Waals surface area contributed by atoms with Crippen LogP contribution in [0.15, 0.2) is 0 Å². The van der Waals surface area contributed by atoms with E-state index in [1.165, 1.54) is 19.3 Å². The fraction of sp³-hybridized carbons (Fsp3) is 1.00. The summed E-state index contributed by atoms with van der Waals surface area (Å²) in [6, 6.07) is 0.250. The van der Waals surface area contributed by atoms with E-state index in [0.717, 1.165) is 39.1 Å². The molecule has 0 bridgehead atoms. The molecule has 0 aromatic carbocycles. The molecule has 3 heteroatoms. The molecule has 0 heterocycles. The van der Waals surface area contributed by atoms with Crippen molar-refractivity contribution in [1.29, 1.82) is 0 Å². The molecule has 2 atom stereocenters. The fourth-order valence-electron chi connectivity index (χ4n) is 2.05. The first-order valence-electron chi connectivity index (χ1n) is 6.29. The molecule has 0 spiro atoms. The highest BCUT2D eigenvalue weighted by Gasteiger charge is 2.20. The lowest BCUT2D eigenvalue weighted by Crippen LogP contribution is -2.36. The van der Waals surface area contributed by atoms with E-state index in [0.29, 0.717) is 0 Å². The fourth-order valence-corrected chi connectivity index (χ4v) is 2.05. The van der Waals surface area contributed by atoms with E-state index >= 15 is 0 Å². The minimum absolute atomic E-state index is 0.250. The molecule has 0 aliphatic heterocycles. The van der Waals surface area contributed by atoms with Gasteiger partial charge in [-0.3, -0.25) is 0 Å². The molecule has 0 saturated heterocycles. The molecule has 3 nitrogen and oxygen atoms in total. The Hall–Kier alpha value is -0.120. The third-order valence-corrected chi connectivity index (χ3v) is 2.97. The second-order valence-corrected chi connectivity index (χ2v) is 4.26. The van der Waals surface area contributed by atoms with Crippen molar-refractivity contribution in [2.24, 2.45) is 5.73 Å². The van der Waals surface area contributed by atoms with E-state index in [1.54, 1.807) is 0 Å². The minimum atomic E-state index is 0.250. The molecule has 1 rings (SSSR count). The lowest BCUT2D eigenvalue weighted by Gasteiger charge is -2.21. The zero-order valence-corrected chi connectivity index (χ0v) is 9.91. The average molecular weight is 215 g/mol. The monoisotopic (exact) mass is 215 g/mol. The summed E-state index contributed by atoms with van der Waals surface area (Å²) < 4.78 is 11.1. The molecule has 0 aromatic heterocycles. The van der Waals surface area contributed by atoms with Gasteiger partial charge in [0.05, 0.1) is 6.10 Å². The number of rotatable bonds is 6. The lowest BCUT2D eigenvalue weighted by atomic mass is 10.1. The number of nitrogens with two attached hydrogens (primary N) is 1. The molecule has 0 amide bonds. The van der Waals surface area contributed by atoms with Crippen molar-refractivity contribution >= 4 is 0 Å². The molecule has 2 unspecified atom stereocenters. The van der Waals surface area contributed by atoms with Gasteiger partial charge in [0.15, 0.2) is 0 Å². The Morgan fingerprint density at radius 3 is 2.73 bits per heavy atom. The molecular formula is C12H25NO2. The van der Waals surface area contributed by atoms with Gasteiger partial charge in [0, 0.05) is 25.9 Å². The van der Waals surface area contributed by atoms with Crippen molar-refractivity contribution in [1.82, 2.24) is 0 Å². The van der Waals surface area contributed by atoms with Gasteiger partial charge in [-0.2, -0.15) is 0 Å². The van der Waals surface area contributed by atoms with Crippen molar-refractivity contribution in [2.45, 2.75) is 57.6 Å². The predicted octanol–water partition coefficient (Wildman–Crippen LogP) is 2.09. The molecule has 1 aliphatic carbocycles. The second-order valence-electron chi connectivity index (χ2n) is 4.26. The Balaban J connectivity index is 2.07. The van der Waals surface area contributed by atoms with Crippen LogP contribution >= 0.6 is 0 Å². The van der Waals surface area contributed by atoms with Gasteiger partial charge in [-0.05, 0) is 26.2 Å². The topological polar surface area (TPSA) is 44.5 Å². The number of hydrogen-bond acceptors (Lipinski definition) is 3. The molecular weight excluding hydrogens is 190 g/mol. The van der Waals surface area contributed by atoms with Crippen LogP contribution in [0.1, 0.15) is 45.4 Å². The molecule has 90 valence electrons. The Morgan fingerprint density at radius 1 is 1.13 bits per heavy atom. The average Bonchev–Trinajstić information content (AvgIpc) is 2.44. The summed E-state index contributed by atoms with van der Waals surface area (Å²) in [4.78, 5) is 0. The Labute approximate surface area is 93.3 Å². The van der Waals surface area contributed by atoms with E-state index < -0.39 is 0 Å². The molecule has 1 aliphatic rings. The van der Waals surface area contributed by atoms with Gasteiger partial charge in [0.2, 0.25) is 0 Å². The van der Waals surface area contributed by atoms with E-state index in [2.05, 4.69) is 0 Å². The summed E-state index contributed by atoms with van der Waals surface area (Å²) in [7, 11) is 0. The predicted molar refractivity (Wildman–Crippen MR) is 61.9 cm³/mol. The molecule has 0 aromatic rings. The van der Waals surface area contributed by atoms with Crippen LogP contribution in [-0.4, -0.2) is 32.0 Å². The van der Waals surface area contributed by atoms with Crippen LogP contribution in [0, 0.1) is 0 Å². The summed E-state index contributed by atoms with van der Waals surface area (Å²) in [6.07, 6.45) is 7.37. The van der Waals surface area contributed by atoms with E-state index in [-0.39, 0.29) is 12.1 Å². The van der Waals surface area contributed by atoms with Gasteiger partial charge < -0.3 is 15.2 Å². The number of hydrogen-bond donors (Lipinski definition) is 1. The van der Waals surface area contributed by atoms with Crippen molar-refractivity contribution in [3.8, 4) is 0 Å². The second kappa shape index (κ2) is 8.08. The summed E-state index contributed by atoms with van der Waals surface area (Å²) in [6.45, 7) is 4.40. The van der Waals surface area contributed by atoms with Crippen molar-refractivity contribution in [2.75, 3.05) is 19.8 Å². The van der Waals surface area contributed by atoms with Gasteiger partial charge in [-0.1, -0.05) is 19.3 Å². The van der Waals surface area contributed by atoms with Crippen LogP contribution in [0.3, 0.4) is 0 Å². The van der Waals surface area contributed by atoms with Crippen LogP contribution in [-0.2, 0) is 9.47 Å². The normalized spacial score (nSPS) is 27.6. The van der Waals surface area contributed by atoms with Crippen LogP contribution in [0.25, 0.3) is 0 Å². The smallest absolute Gasteiger partial charge is 0.0725 e. The maximum Gasteiger partial charge on any atom is 0.0725 e. The first kappa shape index (κ1) is 12.9. The van der Waals surface area contributed by atoms with E-state index in [1.807, 2.05) is 6.92 Å². The van der Waals surface area contributed by atoms with Crippen molar-refractivity contribution in [3.05, 3.63) is 0 Å². The first-order chi connectivity index (χ1) is 7.34. The standard InChI is InChI=1S/C12H25NO2/c1-2-14-9-6-10-15-12-8-5-3-4-7-11(12)13/h11-12H,2-10,13H2,1H3.